The number of hydrogen-bond acceptors (Lipinski definition) is 5. The number of nitro benzene ring substituents is 1. The Morgan fingerprint density at radius 1 is 1.09 bits per heavy atom. The van der Waals surface area contributed by atoms with E-state index in [1.165, 1.54) is 12.1 Å². The van der Waals surface area contributed by atoms with Crippen molar-refractivity contribution >= 4 is 34.9 Å². The zero-order valence-corrected chi connectivity index (χ0v) is 17.3. The van der Waals surface area contributed by atoms with Crippen LogP contribution in [0.25, 0.3) is 0 Å². The number of piperidine rings is 1. The number of carbonyl (C=O) groups excluding carboxylic acids is 1. The molecule has 2 aromatic carbocycles. The number of rotatable bonds is 4. The number of amides is 1. The Morgan fingerprint density at radius 2 is 1.62 bits per heavy atom. The lowest BCUT2D eigenvalue weighted by molar-refractivity contribution is -0.385. The summed E-state index contributed by atoms with van der Waals surface area (Å²) in [5.74, 6) is -3.05. The Balaban J connectivity index is 0.000000451. The van der Waals surface area contributed by atoms with Crippen LogP contribution in [-0.2, 0) is 4.79 Å². The first-order valence-corrected chi connectivity index (χ1v) is 9.72. The van der Waals surface area contributed by atoms with E-state index < -0.39 is 17.1 Å². The number of carbonyl (C=O) groups is 2. The van der Waals surface area contributed by atoms with Crippen LogP contribution >= 0.6 is 11.6 Å². The number of para-hydroxylation sites is 2. The standard InChI is InChI=1S/C18H18ClN3O3.C2HF3O2/c19-15-6-2-3-7-16(15)20-13-9-11-21(12-10-13)18(23)14-5-1-4-8-17(14)22(24)25;3-2(4,5)1(6)7/h1-8,13,20H,9-12H2;(H,6,7). The fraction of sp³-hybridized carbons (Fsp3) is 0.300. The van der Waals surface area contributed by atoms with Gasteiger partial charge in [0.1, 0.15) is 5.56 Å². The van der Waals surface area contributed by atoms with E-state index in [4.69, 9.17) is 21.5 Å². The smallest absolute Gasteiger partial charge is 0.475 e. The zero-order valence-electron chi connectivity index (χ0n) is 16.5. The van der Waals surface area contributed by atoms with Gasteiger partial charge >= 0.3 is 12.1 Å². The summed E-state index contributed by atoms with van der Waals surface area (Å²) in [5, 5.41) is 22.3. The molecule has 0 unspecified atom stereocenters. The summed E-state index contributed by atoms with van der Waals surface area (Å²) in [4.78, 5) is 33.8. The topological polar surface area (TPSA) is 113 Å². The van der Waals surface area contributed by atoms with Crippen LogP contribution < -0.4 is 5.32 Å². The molecule has 0 atom stereocenters. The highest BCUT2D eigenvalue weighted by atomic mass is 35.5. The number of nitrogens with zero attached hydrogens (tertiary/aromatic N) is 2. The van der Waals surface area contributed by atoms with E-state index in [0.29, 0.717) is 18.1 Å². The van der Waals surface area contributed by atoms with Crippen molar-refractivity contribution in [1.82, 2.24) is 4.90 Å². The summed E-state index contributed by atoms with van der Waals surface area (Å²) in [5.41, 5.74) is 0.876. The van der Waals surface area contributed by atoms with Gasteiger partial charge in [0.05, 0.1) is 15.6 Å². The van der Waals surface area contributed by atoms with Crippen molar-refractivity contribution < 1.29 is 32.8 Å². The lowest BCUT2D eigenvalue weighted by Gasteiger charge is -2.33. The molecular weight excluding hydrogens is 455 g/mol. The average molecular weight is 474 g/mol. The second-order valence-electron chi connectivity index (χ2n) is 6.77. The molecule has 0 aliphatic carbocycles. The third-order valence-corrected chi connectivity index (χ3v) is 4.92. The van der Waals surface area contributed by atoms with E-state index in [-0.39, 0.29) is 23.2 Å². The van der Waals surface area contributed by atoms with Crippen molar-refractivity contribution in [2.75, 3.05) is 18.4 Å². The molecule has 1 aliphatic rings. The molecular formula is C20H19ClF3N3O5. The summed E-state index contributed by atoms with van der Waals surface area (Å²) in [7, 11) is 0. The maximum atomic E-state index is 12.6. The number of likely N-dealkylation sites (tertiary alicyclic amines) is 1. The molecule has 0 radical (unpaired) electrons. The fourth-order valence-corrected chi connectivity index (χ4v) is 3.20. The van der Waals surface area contributed by atoms with Crippen molar-refractivity contribution in [1.29, 1.82) is 0 Å². The minimum Gasteiger partial charge on any atom is -0.475 e. The van der Waals surface area contributed by atoms with Crippen molar-refractivity contribution in [3.8, 4) is 0 Å². The van der Waals surface area contributed by atoms with Gasteiger partial charge in [0, 0.05) is 25.2 Å². The second-order valence-corrected chi connectivity index (χ2v) is 7.18. The molecule has 0 spiro atoms. The van der Waals surface area contributed by atoms with Crippen LogP contribution in [0.2, 0.25) is 5.02 Å². The van der Waals surface area contributed by atoms with Crippen LogP contribution in [0, 0.1) is 10.1 Å². The van der Waals surface area contributed by atoms with Gasteiger partial charge in [-0.3, -0.25) is 14.9 Å². The monoisotopic (exact) mass is 473 g/mol. The Kier molecular flexibility index (Phi) is 8.41. The third kappa shape index (κ3) is 6.84. The van der Waals surface area contributed by atoms with Gasteiger partial charge in [-0.05, 0) is 31.0 Å². The molecule has 12 heteroatoms. The first-order valence-electron chi connectivity index (χ1n) is 9.34. The van der Waals surface area contributed by atoms with Crippen LogP contribution in [0.4, 0.5) is 24.5 Å². The summed E-state index contributed by atoms with van der Waals surface area (Å²) in [6.45, 7) is 1.10. The van der Waals surface area contributed by atoms with Gasteiger partial charge in [-0.25, -0.2) is 4.79 Å². The van der Waals surface area contributed by atoms with Gasteiger partial charge in [-0.2, -0.15) is 13.2 Å². The normalized spacial score (nSPS) is 14.2. The van der Waals surface area contributed by atoms with E-state index >= 15 is 0 Å². The Bertz CT molecular complexity index is 979. The van der Waals surface area contributed by atoms with Gasteiger partial charge in [0.15, 0.2) is 0 Å². The van der Waals surface area contributed by atoms with E-state index in [2.05, 4.69) is 5.32 Å². The molecule has 1 saturated heterocycles. The molecule has 2 N–H and O–H groups in total. The molecule has 32 heavy (non-hydrogen) atoms. The Morgan fingerprint density at radius 3 is 2.16 bits per heavy atom. The minimum atomic E-state index is -5.08. The number of nitrogens with one attached hydrogen (secondary N) is 1. The number of anilines is 1. The van der Waals surface area contributed by atoms with Crippen molar-refractivity contribution in [2.45, 2.75) is 25.1 Å². The molecule has 1 heterocycles. The molecule has 8 nitrogen and oxygen atoms in total. The van der Waals surface area contributed by atoms with Crippen LogP contribution in [-0.4, -0.2) is 52.1 Å². The highest BCUT2D eigenvalue weighted by molar-refractivity contribution is 6.33. The van der Waals surface area contributed by atoms with Gasteiger partial charge in [-0.15, -0.1) is 0 Å². The average Bonchev–Trinajstić information content (AvgIpc) is 2.75. The molecule has 1 fully saturated rings. The number of nitro groups is 1. The van der Waals surface area contributed by atoms with Crippen molar-refractivity contribution in [3.05, 3.63) is 69.2 Å². The molecule has 0 saturated carbocycles. The molecule has 0 bridgehead atoms. The fourth-order valence-electron chi connectivity index (χ4n) is 3.01. The van der Waals surface area contributed by atoms with Gasteiger partial charge < -0.3 is 15.3 Å². The lowest BCUT2D eigenvalue weighted by Crippen LogP contribution is -2.42. The largest absolute Gasteiger partial charge is 0.490 e. The first kappa shape index (κ1) is 24.9. The van der Waals surface area contributed by atoms with E-state index in [0.717, 1.165) is 18.5 Å². The minimum absolute atomic E-state index is 0.144. The van der Waals surface area contributed by atoms with Crippen LogP contribution in [0.15, 0.2) is 48.5 Å². The second kappa shape index (κ2) is 10.8. The summed E-state index contributed by atoms with van der Waals surface area (Å²) >= 11 is 6.16. The molecule has 0 aromatic heterocycles. The lowest BCUT2D eigenvalue weighted by atomic mass is 10.0. The molecule has 1 aliphatic heterocycles. The van der Waals surface area contributed by atoms with E-state index in [9.17, 15) is 28.1 Å². The van der Waals surface area contributed by atoms with Crippen LogP contribution in [0.1, 0.15) is 23.2 Å². The molecule has 172 valence electrons. The maximum absolute atomic E-state index is 12.6. The number of benzene rings is 2. The van der Waals surface area contributed by atoms with Crippen LogP contribution in [0.5, 0.6) is 0 Å². The summed E-state index contributed by atoms with van der Waals surface area (Å²) < 4.78 is 31.7. The molecule has 2 aromatic rings. The summed E-state index contributed by atoms with van der Waals surface area (Å²) in [6, 6.07) is 13.8. The number of aliphatic carboxylic acids is 1. The number of carboxylic acid groups (broad SMARTS) is 1. The van der Waals surface area contributed by atoms with Crippen LogP contribution in [0.3, 0.4) is 0 Å². The predicted molar refractivity (Wildman–Crippen MR) is 111 cm³/mol. The van der Waals surface area contributed by atoms with Gasteiger partial charge in [0.2, 0.25) is 0 Å². The zero-order chi connectivity index (χ0) is 23.9. The van der Waals surface area contributed by atoms with Gasteiger partial charge in [-0.1, -0.05) is 35.9 Å². The summed E-state index contributed by atoms with van der Waals surface area (Å²) in [6.07, 6.45) is -3.56. The third-order valence-electron chi connectivity index (χ3n) is 4.59. The highest BCUT2D eigenvalue weighted by Crippen LogP contribution is 2.25. The van der Waals surface area contributed by atoms with Crippen molar-refractivity contribution in [3.63, 3.8) is 0 Å². The van der Waals surface area contributed by atoms with Crippen molar-refractivity contribution in [2.24, 2.45) is 0 Å². The molecule has 3 rings (SSSR count). The molecule has 1 amide bonds. The number of hydrogen-bond donors (Lipinski definition) is 2. The Labute approximate surface area is 185 Å². The first-order chi connectivity index (χ1) is 15.0. The quantitative estimate of drug-likeness (QED) is 0.495. The van der Waals surface area contributed by atoms with E-state index in [1.54, 1.807) is 17.0 Å². The highest BCUT2D eigenvalue weighted by Gasteiger charge is 2.38. The van der Waals surface area contributed by atoms with E-state index in [1.807, 2.05) is 24.3 Å². The maximum Gasteiger partial charge on any atom is 0.490 e. The number of alkyl halides is 3. The Hall–Kier alpha value is -3.34. The predicted octanol–water partition coefficient (Wildman–Crippen LogP) is 4.60. The number of halogens is 4. The number of carboxylic acids is 1. The SMILES string of the molecule is O=C(O)C(F)(F)F.O=C(c1ccccc1[N+](=O)[O-])N1CCC(Nc2ccccc2Cl)CC1. The van der Waals surface area contributed by atoms with Gasteiger partial charge in [0.25, 0.3) is 11.6 Å².